The summed E-state index contributed by atoms with van der Waals surface area (Å²) in [6.07, 6.45) is 1.61. The van der Waals surface area contributed by atoms with Crippen LogP contribution < -0.4 is 10.6 Å². The lowest BCUT2D eigenvalue weighted by Crippen LogP contribution is -2.40. The Hall–Kier alpha value is -2.07. The van der Waals surface area contributed by atoms with Gasteiger partial charge in [0.25, 0.3) is 5.91 Å². The number of nitrogens with zero attached hydrogens (tertiary/aromatic N) is 1. The number of carbonyl (C=O) groups excluding carboxylic acids is 1. The molecule has 1 amide bonds. The van der Waals surface area contributed by atoms with Crippen LogP contribution in [-0.2, 0) is 0 Å². The average Bonchev–Trinajstić information content (AvgIpc) is 2.41. The third-order valence-corrected chi connectivity index (χ3v) is 3.19. The van der Waals surface area contributed by atoms with Crippen LogP contribution in [0, 0.1) is 6.92 Å². The van der Waals surface area contributed by atoms with E-state index in [1.165, 1.54) is 0 Å². The summed E-state index contributed by atoms with van der Waals surface area (Å²) in [6.45, 7) is 7.79. The molecule has 0 atom stereocenters. The first-order valence-corrected chi connectivity index (χ1v) is 7.44. The lowest BCUT2D eigenvalue weighted by atomic mass is 10.1. The molecule has 0 bridgehead atoms. The molecule has 2 aromatic rings. The van der Waals surface area contributed by atoms with Gasteiger partial charge in [-0.05, 0) is 57.5 Å². The zero-order valence-electron chi connectivity index (χ0n) is 13.2. The van der Waals surface area contributed by atoms with Crippen LogP contribution in [0.25, 0.3) is 0 Å². The molecule has 0 radical (unpaired) electrons. The van der Waals surface area contributed by atoms with Gasteiger partial charge in [0.2, 0.25) is 0 Å². The van der Waals surface area contributed by atoms with Crippen LogP contribution in [0.2, 0.25) is 5.02 Å². The zero-order valence-corrected chi connectivity index (χ0v) is 14.0. The lowest BCUT2D eigenvalue weighted by Gasteiger charge is -2.20. The maximum absolute atomic E-state index is 12.2. The first-order valence-electron chi connectivity index (χ1n) is 7.06. The molecule has 1 aromatic heterocycles. The second kappa shape index (κ2) is 6.36. The number of benzene rings is 1. The van der Waals surface area contributed by atoms with Crippen molar-refractivity contribution in [2.75, 3.05) is 5.32 Å². The predicted molar refractivity (Wildman–Crippen MR) is 90.9 cm³/mol. The number of pyridine rings is 1. The monoisotopic (exact) mass is 317 g/mol. The summed E-state index contributed by atoms with van der Waals surface area (Å²) in [4.78, 5) is 16.3. The van der Waals surface area contributed by atoms with Gasteiger partial charge in [0.05, 0.1) is 0 Å². The van der Waals surface area contributed by atoms with Crippen molar-refractivity contribution in [1.82, 2.24) is 10.3 Å². The van der Waals surface area contributed by atoms with E-state index in [1.807, 2.05) is 52.0 Å². The molecule has 0 aliphatic heterocycles. The smallest absolute Gasteiger partial charge is 0.270 e. The van der Waals surface area contributed by atoms with E-state index < -0.39 is 0 Å². The molecule has 0 aliphatic rings. The molecule has 1 heterocycles. The number of aromatic nitrogens is 1. The number of rotatable bonds is 3. The minimum atomic E-state index is -0.300. The lowest BCUT2D eigenvalue weighted by molar-refractivity contribution is 0.0914. The number of nitrogens with one attached hydrogen (secondary N) is 2. The maximum atomic E-state index is 12.2. The van der Waals surface area contributed by atoms with Gasteiger partial charge in [-0.1, -0.05) is 17.7 Å². The third kappa shape index (κ3) is 4.46. The first kappa shape index (κ1) is 16.3. The second-order valence-electron chi connectivity index (χ2n) is 6.22. The fraction of sp³-hybridized carbons (Fsp3) is 0.294. The zero-order chi connectivity index (χ0) is 16.3. The van der Waals surface area contributed by atoms with Crippen molar-refractivity contribution in [1.29, 1.82) is 0 Å². The Bertz CT molecular complexity index is 693. The molecule has 0 saturated carbocycles. The molecular formula is C17H20ClN3O. The second-order valence-corrected chi connectivity index (χ2v) is 6.65. The topological polar surface area (TPSA) is 54.0 Å². The summed E-state index contributed by atoms with van der Waals surface area (Å²) in [7, 11) is 0. The van der Waals surface area contributed by atoms with Crippen LogP contribution in [0.3, 0.4) is 0 Å². The van der Waals surface area contributed by atoms with Crippen molar-refractivity contribution in [2.24, 2.45) is 0 Å². The van der Waals surface area contributed by atoms with Crippen LogP contribution in [0.15, 0.2) is 36.5 Å². The summed E-state index contributed by atoms with van der Waals surface area (Å²) in [5.74, 6) is -0.195. The summed E-state index contributed by atoms with van der Waals surface area (Å²) in [5, 5.41) is 6.82. The van der Waals surface area contributed by atoms with Gasteiger partial charge in [-0.15, -0.1) is 0 Å². The van der Waals surface area contributed by atoms with Crippen LogP contribution in [0.1, 0.15) is 36.8 Å². The average molecular weight is 318 g/mol. The van der Waals surface area contributed by atoms with Crippen molar-refractivity contribution in [3.63, 3.8) is 0 Å². The molecule has 0 unspecified atom stereocenters. The van der Waals surface area contributed by atoms with Crippen molar-refractivity contribution >= 4 is 28.9 Å². The van der Waals surface area contributed by atoms with E-state index in [9.17, 15) is 4.79 Å². The number of hydrogen-bond donors (Lipinski definition) is 2. The maximum Gasteiger partial charge on any atom is 0.270 e. The van der Waals surface area contributed by atoms with Gasteiger partial charge in [0.1, 0.15) is 5.69 Å². The van der Waals surface area contributed by atoms with Crippen LogP contribution in [0.4, 0.5) is 11.4 Å². The van der Waals surface area contributed by atoms with E-state index in [2.05, 4.69) is 15.6 Å². The number of hydrogen-bond acceptors (Lipinski definition) is 3. The van der Waals surface area contributed by atoms with Crippen molar-refractivity contribution in [3.05, 3.63) is 52.8 Å². The Morgan fingerprint density at radius 1 is 1.18 bits per heavy atom. The van der Waals surface area contributed by atoms with Crippen LogP contribution in [-0.4, -0.2) is 16.4 Å². The fourth-order valence-electron chi connectivity index (χ4n) is 1.92. The molecular weight excluding hydrogens is 298 g/mol. The normalized spacial score (nSPS) is 11.1. The van der Waals surface area contributed by atoms with Gasteiger partial charge in [-0.3, -0.25) is 9.78 Å². The van der Waals surface area contributed by atoms with Gasteiger partial charge in [0.15, 0.2) is 0 Å². The predicted octanol–water partition coefficient (Wildman–Crippen LogP) is 4.32. The highest BCUT2D eigenvalue weighted by Gasteiger charge is 2.16. The molecule has 5 heteroatoms. The highest BCUT2D eigenvalue weighted by Crippen LogP contribution is 2.24. The number of anilines is 2. The minimum absolute atomic E-state index is 0.195. The Morgan fingerprint density at radius 3 is 2.59 bits per heavy atom. The molecule has 0 aliphatic carbocycles. The molecule has 0 spiro atoms. The Labute approximate surface area is 135 Å². The van der Waals surface area contributed by atoms with Gasteiger partial charge in [-0.2, -0.15) is 0 Å². The molecule has 0 saturated heterocycles. The molecule has 2 N–H and O–H groups in total. The quantitative estimate of drug-likeness (QED) is 0.886. The number of aryl methyl sites for hydroxylation is 1. The first-order chi connectivity index (χ1) is 10.2. The van der Waals surface area contributed by atoms with Crippen molar-refractivity contribution in [2.45, 2.75) is 33.2 Å². The van der Waals surface area contributed by atoms with Crippen molar-refractivity contribution < 1.29 is 4.79 Å². The largest absolute Gasteiger partial charge is 0.355 e. The summed E-state index contributed by atoms with van der Waals surface area (Å²) in [6, 6.07) is 9.18. The van der Waals surface area contributed by atoms with E-state index in [0.717, 1.165) is 16.9 Å². The highest BCUT2D eigenvalue weighted by molar-refractivity contribution is 6.30. The summed E-state index contributed by atoms with van der Waals surface area (Å²) in [5.41, 5.74) is 2.84. The fourth-order valence-corrected chi connectivity index (χ4v) is 2.09. The summed E-state index contributed by atoms with van der Waals surface area (Å²) >= 11 is 6.02. The van der Waals surface area contributed by atoms with E-state index in [-0.39, 0.29) is 11.4 Å². The number of carbonyl (C=O) groups is 1. The Morgan fingerprint density at radius 2 is 1.91 bits per heavy atom. The van der Waals surface area contributed by atoms with Gasteiger partial charge < -0.3 is 10.6 Å². The number of halogens is 1. The Kier molecular flexibility index (Phi) is 4.71. The van der Waals surface area contributed by atoms with E-state index in [1.54, 1.807) is 12.3 Å². The SMILES string of the molecule is Cc1ccc(Cl)cc1Nc1ccnc(C(=O)NC(C)(C)C)c1. The van der Waals surface area contributed by atoms with Gasteiger partial charge >= 0.3 is 0 Å². The molecule has 22 heavy (non-hydrogen) atoms. The summed E-state index contributed by atoms with van der Waals surface area (Å²) < 4.78 is 0. The van der Waals surface area contributed by atoms with Crippen LogP contribution >= 0.6 is 11.6 Å². The molecule has 0 fully saturated rings. The standard InChI is InChI=1S/C17H20ClN3O/c1-11-5-6-12(18)9-14(11)20-13-7-8-19-15(10-13)16(22)21-17(2,3)4/h5-10H,1-4H3,(H,19,20)(H,21,22). The van der Waals surface area contributed by atoms with Crippen molar-refractivity contribution in [3.8, 4) is 0 Å². The van der Waals surface area contributed by atoms with E-state index in [4.69, 9.17) is 11.6 Å². The highest BCUT2D eigenvalue weighted by atomic mass is 35.5. The molecule has 116 valence electrons. The molecule has 2 rings (SSSR count). The Balaban J connectivity index is 2.22. The number of amides is 1. The molecule has 4 nitrogen and oxygen atoms in total. The van der Waals surface area contributed by atoms with E-state index >= 15 is 0 Å². The third-order valence-electron chi connectivity index (χ3n) is 2.96. The minimum Gasteiger partial charge on any atom is -0.355 e. The molecule has 1 aromatic carbocycles. The van der Waals surface area contributed by atoms with Crippen LogP contribution in [0.5, 0.6) is 0 Å². The van der Waals surface area contributed by atoms with Gasteiger partial charge in [0, 0.05) is 28.1 Å². The van der Waals surface area contributed by atoms with Gasteiger partial charge in [-0.25, -0.2) is 0 Å². The van der Waals surface area contributed by atoms with E-state index in [0.29, 0.717) is 10.7 Å².